The summed E-state index contributed by atoms with van der Waals surface area (Å²) in [4.78, 5) is 21.2. The van der Waals surface area contributed by atoms with Crippen molar-refractivity contribution < 1.29 is 0 Å². The van der Waals surface area contributed by atoms with Crippen LogP contribution < -0.4 is 0 Å². The Kier molecular flexibility index (Phi) is 14.1. The van der Waals surface area contributed by atoms with E-state index in [1.165, 1.54) is 44.5 Å². The number of aromatic amines is 2. The fourth-order valence-corrected chi connectivity index (χ4v) is 12.3. The molecule has 2 N–H and O–H groups in total. The van der Waals surface area contributed by atoms with Gasteiger partial charge in [-0.15, -0.1) is 0 Å². The summed E-state index contributed by atoms with van der Waals surface area (Å²) in [5.74, 6) is 1.43. The maximum absolute atomic E-state index is 6.22. The first-order valence-electron chi connectivity index (χ1n) is 27.1. The topological polar surface area (TPSA) is 57.4 Å². The number of aromatic nitrogens is 4. The molecule has 0 fully saturated rings. The van der Waals surface area contributed by atoms with E-state index in [1.54, 1.807) is 0 Å². The van der Waals surface area contributed by atoms with E-state index < -0.39 is 0 Å². The zero-order chi connectivity index (χ0) is 51.4. The van der Waals surface area contributed by atoms with Gasteiger partial charge in [0.1, 0.15) is 0 Å². The monoisotopic (exact) mass is 951 g/mol. The van der Waals surface area contributed by atoms with Gasteiger partial charge >= 0.3 is 0 Å². The number of H-pyrrole nitrogens is 2. The lowest BCUT2D eigenvalue weighted by Gasteiger charge is -2.19. The molecule has 2 aliphatic rings. The van der Waals surface area contributed by atoms with Crippen LogP contribution in [0.4, 0.5) is 0 Å². The molecule has 0 saturated carbocycles. The lowest BCUT2D eigenvalue weighted by molar-refractivity contribution is 0.808. The van der Waals surface area contributed by atoms with Crippen molar-refractivity contribution in [2.24, 2.45) is 23.7 Å². The zero-order valence-electron chi connectivity index (χ0n) is 46.1. The Morgan fingerprint density at radius 2 is 0.431 bits per heavy atom. The van der Waals surface area contributed by atoms with Gasteiger partial charge in [-0.25, -0.2) is 9.97 Å². The third-order valence-electron chi connectivity index (χ3n) is 15.0. The fourth-order valence-electron chi connectivity index (χ4n) is 12.3. The van der Waals surface area contributed by atoms with Crippen molar-refractivity contribution in [2.45, 2.75) is 134 Å². The second-order valence-corrected chi connectivity index (χ2v) is 22.9. The van der Waals surface area contributed by atoms with Crippen molar-refractivity contribution in [2.75, 3.05) is 0 Å². The SMILES string of the molecule is CC(C)C1=C(C(C)C)c2nc1c(-c1ccccc1)c1[nH]c(c(-c3ccccc3)c3nc(c(-c4ccccc4)c4[nH]c(c2-c2ccccc2)c(C(C)C)c4C(C)C)C(C(C)C)=C3C(C)C)c(C(C)C)c1C(C)C. The Labute approximate surface area is 431 Å². The minimum absolute atomic E-state index is 0.173. The van der Waals surface area contributed by atoms with Gasteiger partial charge in [0.15, 0.2) is 0 Å². The van der Waals surface area contributed by atoms with Crippen molar-refractivity contribution in [3.05, 3.63) is 166 Å². The molecule has 3 aromatic heterocycles. The van der Waals surface area contributed by atoms with Crippen LogP contribution in [-0.4, -0.2) is 19.9 Å². The molecule has 0 aliphatic carbocycles. The van der Waals surface area contributed by atoms with Gasteiger partial charge in [-0.2, -0.15) is 0 Å². The van der Waals surface area contributed by atoms with Crippen LogP contribution in [0, 0.1) is 23.7 Å². The van der Waals surface area contributed by atoms with Gasteiger partial charge in [-0.3, -0.25) is 0 Å². The molecule has 4 aromatic carbocycles. The lowest BCUT2D eigenvalue weighted by atomic mass is 9.82. The number of hydrogen-bond acceptors (Lipinski definition) is 2. The normalized spacial score (nSPS) is 13.3. The number of fused-ring (bicyclic) bond motifs is 8. The highest BCUT2D eigenvalue weighted by Crippen LogP contribution is 2.54. The molecule has 0 amide bonds. The highest BCUT2D eigenvalue weighted by atomic mass is 14.8. The first-order valence-corrected chi connectivity index (χ1v) is 27.1. The van der Waals surface area contributed by atoms with Crippen LogP contribution >= 0.6 is 0 Å². The second kappa shape index (κ2) is 20.2. The summed E-state index contributed by atoms with van der Waals surface area (Å²) >= 11 is 0. The number of nitrogens with zero attached hydrogens (tertiary/aromatic N) is 2. The standard InChI is InChI=1S/C68H78N4/c1-37(2)49-50(38(3)4)62-58(46-31-23-18-24-32-46)64-53(41(9)10)54(42(11)12)66(71-64)60(48-35-27-20-28-36-48)68-56(44(15)16)55(43(13)14)67(72-68)59(47-33-25-19-26-34-47)65-52(40(7)8)51(39(5)6)63(70-65)57(61(49)69-62)45-29-21-17-22-30-45/h17-44,69,72H,1-16H3. The number of benzene rings is 4. The van der Waals surface area contributed by atoms with E-state index in [0.717, 1.165) is 89.4 Å². The van der Waals surface area contributed by atoms with Gasteiger partial charge in [0.05, 0.1) is 44.8 Å². The lowest BCUT2D eigenvalue weighted by Crippen LogP contribution is -2.02. The highest BCUT2D eigenvalue weighted by Gasteiger charge is 2.36. The molecule has 0 spiro atoms. The molecular weight excluding hydrogens is 873 g/mol. The van der Waals surface area contributed by atoms with E-state index in [-0.39, 0.29) is 47.3 Å². The quantitative estimate of drug-likeness (QED) is 0.128. The molecular formula is C68H78N4. The number of hydrogen-bond donors (Lipinski definition) is 2. The van der Waals surface area contributed by atoms with E-state index >= 15 is 0 Å². The van der Waals surface area contributed by atoms with Crippen LogP contribution in [0.2, 0.25) is 0 Å². The smallest absolute Gasteiger partial charge is 0.0774 e. The Morgan fingerprint density at radius 3 is 0.583 bits per heavy atom. The van der Waals surface area contributed by atoms with E-state index in [4.69, 9.17) is 9.97 Å². The maximum Gasteiger partial charge on any atom is 0.0774 e. The summed E-state index contributed by atoms with van der Waals surface area (Å²) in [5, 5.41) is 0. The molecule has 7 aromatic rings. The highest BCUT2D eigenvalue weighted by molar-refractivity contribution is 6.10. The Morgan fingerprint density at radius 1 is 0.250 bits per heavy atom. The molecule has 0 radical (unpaired) electrons. The van der Waals surface area contributed by atoms with Crippen molar-refractivity contribution in [3.63, 3.8) is 0 Å². The van der Waals surface area contributed by atoms with Crippen LogP contribution in [0.25, 0.3) is 88.9 Å². The van der Waals surface area contributed by atoms with E-state index in [9.17, 15) is 0 Å². The van der Waals surface area contributed by atoms with Crippen LogP contribution in [-0.2, 0) is 0 Å². The number of allylic oxidation sites excluding steroid dienone is 4. The summed E-state index contributed by atoms with van der Waals surface area (Å²) in [6.45, 7) is 38.0. The largest absolute Gasteiger partial charge is 0.354 e. The first-order chi connectivity index (χ1) is 34.4. The van der Waals surface area contributed by atoms with Crippen LogP contribution in [0.3, 0.4) is 0 Å². The Bertz CT molecular complexity index is 2920. The number of nitrogens with one attached hydrogen (secondary N) is 2. The van der Waals surface area contributed by atoms with Crippen LogP contribution in [0.15, 0.2) is 121 Å². The van der Waals surface area contributed by atoms with E-state index in [2.05, 4.69) is 242 Å². The summed E-state index contributed by atoms with van der Waals surface area (Å²) in [5.41, 5.74) is 28.6. The average Bonchev–Trinajstić information content (AvgIpc) is 4.13. The Balaban J connectivity index is 1.79. The minimum Gasteiger partial charge on any atom is -0.354 e. The minimum atomic E-state index is 0.173. The van der Waals surface area contributed by atoms with Crippen LogP contribution in [0.1, 0.15) is 179 Å². The summed E-state index contributed by atoms with van der Waals surface area (Å²) in [6, 6.07) is 44.5. The molecule has 370 valence electrons. The maximum atomic E-state index is 6.22. The molecule has 9 rings (SSSR count). The van der Waals surface area contributed by atoms with Crippen LogP contribution in [0.5, 0.6) is 0 Å². The van der Waals surface area contributed by atoms with Crippen molar-refractivity contribution >= 4 is 44.4 Å². The molecule has 4 heteroatoms. The van der Waals surface area contributed by atoms with Gasteiger partial charge < -0.3 is 9.97 Å². The van der Waals surface area contributed by atoms with E-state index in [1.807, 2.05) is 0 Å². The summed E-state index contributed by atoms with van der Waals surface area (Å²) in [7, 11) is 0. The molecule has 8 bridgehead atoms. The molecule has 2 aliphatic heterocycles. The van der Waals surface area contributed by atoms with E-state index in [0.29, 0.717) is 0 Å². The van der Waals surface area contributed by atoms with Crippen molar-refractivity contribution in [1.82, 2.24) is 19.9 Å². The van der Waals surface area contributed by atoms with Crippen molar-refractivity contribution in [3.8, 4) is 44.5 Å². The predicted molar refractivity (Wildman–Crippen MR) is 312 cm³/mol. The van der Waals surface area contributed by atoms with Gasteiger partial charge in [0, 0.05) is 22.3 Å². The summed E-state index contributed by atoms with van der Waals surface area (Å²) < 4.78 is 0. The predicted octanol–water partition coefficient (Wildman–Crippen LogP) is 19.9. The van der Waals surface area contributed by atoms with Gasteiger partial charge in [-0.1, -0.05) is 232 Å². The molecule has 0 saturated heterocycles. The van der Waals surface area contributed by atoms with Gasteiger partial charge in [0.25, 0.3) is 0 Å². The first kappa shape index (κ1) is 50.4. The molecule has 4 nitrogen and oxygen atoms in total. The molecule has 5 heterocycles. The molecule has 72 heavy (non-hydrogen) atoms. The summed E-state index contributed by atoms with van der Waals surface area (Å²) in [6.07, 6.45) is 0. The second-order valence-electron chi connectivity index (χ2n) is 22.9. The zero-order valence-corrected chi connectivity index (χ0v) is 46.1. The third-order valence-corrected chi connectivity index (χ3v) is 15.0. The average molecular weight is 951 g/mol. The molecule has 0 unspecified atom stereocenters. The van der Waals surface area contributed by atoms with Gasteiger partial charge in [-0.05, 0) is 114 Å². The molecule has 0 atom stereocenters. The fraction of sp³-hybridized carbons (Fsp3) is 0.353. The Hall–Kier alpha value is -6.52. The van der Waals surface area contributed by atoms with Gasteiger partial charge in [0.2, 0.25) is 0 Å². The number of rotatable bonds is 12. The third kappa shape index (κ3) is 8.63. The van der Waals surface area contributed by atoms with Crippen molar-refractivity contribution in [1.29, 1.82) is 0 Å².